The van der Waals surface area contributed by atoms with Crippen molar-refractivity contribution in [1.82, 2.24) is 5.32 Å². The zero-order chi connectivity index (χ0) is 12.8. The molecule has 5 heteroatoms. The fourth-order valence-electron chi connectivity index (χ4n) is 1.55. The predicted molar refractivity (Wildman–Crippen MR) is 65.7 cm³/mol. The minimum absolute atomic E-state index is 0.187. The maximum absolute atomic E-state index is 13.6. The van der Waals surface area contributed by atoms with E-state index < -0.39 is 17.5 Å². The summed E-state index contributed by atoms with van der Waals surface area (Å²) in [6.07, 6.45) is 0. The van der Waals surface area contributed by atoms with Gasteiger partial charge >= 0.3 is 0 Å². The summed E-state index contributed by atoms with van der Waals surface area (Å²) in [5.41, 5.74) is 0.187. The first-order valence-corrected chi connectivity index (χ1v) is 6.71. The fourth-order valence-corrected chi connectivity index (χ4v) is 2.32. The maximum Gasteiger partial charge on any atom is 0.194 e. The molecular weight excluding hydrogens is 247 g/mol. The van der Waals surface area contributed by atoms with Gasteiger partial charge in [-0.15, -0.1) is 0 Å². The van der Waals surface area contributed by atoms with Crippen molar-refractivity contribution >= 4 is 11.8 Å². The molecule has 0 saturated carbocycles. The van der Waals surface area contributed by atoms with Gasteiger partial charge in [0.05, 0.1) is 0 Å². The van der Waals surface area contributed by atoms with Gasteiger partial charge in [-0.1, -0.05) is 19.9 Å². The average molecular weight is 263 g/mol. The monoisotopic (exact) mass is 263 g/mol. The van der Waals surface area contributed by atoms with E-state index in [0.29, 0.717) is 12.3 Å². The Morgan fingerprint density at radius 3 is 2.47 bits per heavy atom. The van der Waals surface area contributed by atoms with Crippen molar-refractivity contribution in [1.29, 1.82) is 0 Å². The second kappa shape index (κ2) is 6.91. The van der Waals surface area contributed by atoms with Crippen LogP contribution in [0.5, 0.6) is 0 Å². The van der Waals surface area contributed by atoms with Gasteiger partial charge in [0, 0.05) is 17.4 Å². The minimum Gasteiger partial charge on any atom is -0.309 e. The Kier molecular flexibility index (Phi) is 5.85. The van der Waals surface area contributed by atoms with Crippen molar-refractivity contribution in [3.63, 3.8) is 0 Å². The van der Waals surface area contributed by atoms with E-state index in [9.17, 15) is 13.2 Å². The molecule has 0 amide bonds. The Morgan fingerprint density at radius 2 is 1.88 bits per heavy atom. The van der Waals surface area contributed by atoms with Crippen molar-refractivity contribution in [3.05, 3.63) is 35.1 Å². The molecule has 0 heterocycles. The summed E-state index contributed by atoms with van der Waals surface area (Å²) in [5.74, 6) is -2.11. The van der Waals surface area contributed by atoms with Crippen molar-refractivity contribution in [2.75, 3.05) is 18.1 Å². The number of halogens is 3. The van der Waals surface area contributed by atoms with Gasteiger partial charge in [-0.25, -0.2) is 13.2 Å². The summed E-state index contributed by atoms with van der Waals surface area (Å²) in [7, 11) is 0. The molecule has 17 heavy (non-hydrogen) atoms. The number of hydrogen-bond donors (Lipinski definition) is 1. The summed E-state index contributed by atoms with van der Waals surface area (Å²) in [4.78, 5) is 0. The maximum atomic E-state index is 13.6. The quantitative estimate of drug-likeness (QED) is 0.788. The van der Waals surface area contributed by atoms with Gasteiger partial charge in [0.15, 0.2) is 17.5 Å². The van der Waals surface area contributed by atoms with E-state index in [4.69, 9.17) is 0 Å². The van der Waals surface area contributed by atoms with Crippen LogP contribution in [0.15, 0.2) is 12.1 Å². The first-order chi connectivity index (χ1) is 8.11. The molecule has 0 bridgehead atoms. The van der Waals surface area contributed by atoms with E-state index >= 15 is 0 Å². The lowest BCUT2D eigenvalue weighted by Gasteiger charge is -2.18. The molecule has 0 spiro atoms. The largest absolute Gasteiger partial charge is 0.309 e. The lowest BCUT2D eigenvalue weighted by Crippen LogP contribution is -2.24. The Morgan fingerprint density at radius 1 is 1.18 bits per heavy atom. The van der Waals surface area contributed by atoms with Crippen LogP contribution in [-0.4, -0.2) is 18.1 Å². The molecule has 0 aromatic heterocycles. The molecule has 1 N–H and O–H groups in total. The molecule has 0 fully saturated rings. The molecule has 96 valence electrons. The van der Waals surface area contributed by atoms with Crippen LogP contribution in [0.2, 0.25) is 0 Å². The molecule has 0 radical (unpaired) electrons. The van der Waals surface area contributed by atoms with Crippen LogP contribution in [0.3, 0.4) is 0 Å². The normalized spacial score (nSPS) is 12.8. The van der Waals surface area contributed by atoms with E-state index in [1.807, 2.05) is 13.8 Å². The molecule has 1 atom stereocenters. The molecule has 0 aliphatic carbocycles. The van der Waals surface area contributed by atoms with E-state index in [-0.39, 0.29) is 11.6 Å². The van der Waals surface area contributed by atoms with E-state index in [1.54, 1.807) is 11.8 Å². The highest BCUT2D eigenvalue weighted by molar-refractivity contribution is 7.99. The highest BCUT2D eigenvalue weighted by atomic mass is 32.2. The van der Waals surface area contributed by atoms with E-state index in [2.05, 4.69) is 5.32 Å². The summed E-state index contributed by atoms with van der Waals surface area (Å²) < 4.78 is 39.5. The Hall–Kier alpha value is -0.680. The first-order valence-electron chi connectivity index (χ1n) is 5.56. The van der Waals surface area contributed by atoms with Crippen LogP contribution in [0.4, 0.5) is 13.2 Å². The summed E-state index contributed by atoms with van der Waals surface area (Å²) in [5, 5.41) is 3.07. The minimum atomic E-state index is -1.40. The fraction of sp³-hybridized carbons (Fsp3) is 0.500. The molecule has 1 aromatic carbocycles. The molecule has 0 aliphatic heterocycles. The number of thioether (sulfide) groups is 1. The zero-order valence-corrected chi connectivity index (χ0v) is 10.7. The topological polar surface area (TPSA) is 12.0 Å². The molecule has 0 aliphatic rings. The van der Waals surface area contributed by atoms with Gasteiger partial charge in [-0.2, -0.15) is 11.8 Å². The van der Waals surface area contributed by atoms with Crippen LogP contribution < -0.4 is 5.32 Å². The second-order valence-corrected chi connectivity index (χ2v) is 4.85. The third kappa shape index (κ3) is 3.64. The third-order valence-corrected chi connectivity index (χ3v) is 3.36. The number of hydrogen-bond acceptors (Lipinski definition) is 2. The number of benzene rings is 1. The SMILES string of the molecule is CCNC(CSCC)c1ccc(F)c(F)c1F. The van der Waals surface area contributed by atoms with Gasteiger partial charge < -0.3 is 5.32 Å². The van der Waals surface area contributed by atoms with Gasteiger partial charge in [0.1, 0.15) is 0 Å². The molecule has 1 aromatic rings. The molecule has 1 rings (SSSR count). The van der Waals surface area contributed by atoms with Crippen LogP contribution >= 0.6 is 11.8 Å². The summed E-state index contributed by atoms with van der Waals surface area (Å²) in [6.45, 7) is 4.53. The third-order valence-electron chi connectivity index (χ3n) is 2.38. The van der Waals surface area contributed by atoms with Crippen LogP contribution in [0, 0.1) is 17.5 Å². The Balaban J connectivity index is 2.97. The van der Waals surface area contributed by atoms with E-state index in [0.717, 1.165) is 11.8 Å². The Labute approximate surface area is 104 Å². The summed E-state index contributed by atoms with van der Waals surface area (Å²) in [6, 6.07) is 1.98. The lowest BCUT2D eigenvalue weighted by atomic mass is 10.1. The number of nitrogens with one attached hydrogen (secondary N) is 1. The van der Waals surface area contributed by atoms with Crippen LogP contribution in [0.25, 0.3) is 0 Å². The van der Waals surface area contributed by atoms with Gasteiger partial charge in [-0.3, -0.25) is 0 Å². The van der Waals surface area contributed by atoms with Crippen LogP contribution in [-0.2, 0) is 0 Å². The van der Waals surface area contributed by atoms with Gasteiger partial charge in [-0.05, 0) is 18.4 Å². The molecule has 1 nitrogen and oxygen atoms in total. The highest BCUT2D eigenvalue weighted by Crippen LogP contribution is 2.24. The van der Waals surface area contributed by atoms with Crippen LogP contribution in [0.1, 0.15) is 25.5 Å². The second-order valence-electron chi connectivity index (χ2n) is 3.53. The predicted octanol–water partition coefficient (Wildman–Crippen LogP) is 3.51. The first kappa shape index (κ1) is 14.4. The highest BCUT2D eigenvalue weighted by Gasteiger charge is 2.19. The molecule has 1 unspecified atom stereocenters. The van der Waals surface area contributed by atoms with Crippen molar-refractivity contribution < 1.29 is 13.2 Å². The van der Waals surface area contributed by atoms with E-state index in [1.165, 1.54) is 6.07 Å². The molecule has 0 saturated heterocycles. The summed E-state index contributed by atoms with van der Waals surface area (Å²) >= 11 is 1.62. The van der Waals surface area contributed by atoms with Gasteiger partial charge in [0.25, 0.3) is 0 Å². The van der Waals surface area contributed by atoms with Gasteiger partial charge in [0.2, 0.25) is 0 Å². The van der Waals surface area contributed by atoms with Crippen molar-refractivity contribution in [2.24, 2.45) is 0 Å². The van der Waals surface area contributed by atoms with Crippen molar-refractivity contribution in [3.8, 4) is 0 Å². The Bertz CT molecular complexity index is 371. The number of rotatable bonds is 6. The zero-order valence-electron chi connectivity index (χ0n) is 9.90. The standard InChI is InChI=1S/C12H16F3NS/c1-3-16-10(7-17-4-2)8-5-6-9(13)12(15)11(8)14/h5-6,10,16H,3-4,7H2,1-2H3. The van der Waals surface area contributed by atoms with Crippen molar-refractivity contribution in [2.45, 2.75) is 19.9 Å². The lowest BCUT2D eigenvalue weighted by molar-refractivity contribution is 0.431. The average Bonchev–Trinajstić information content (AvgIpc) is 2.32. The smallest absolute Gasteiger partial charge is 0.194 e. The molecular formula is C12H16F3NS.